The van der Waals surface area contributed by atoms with Gasteiger partial charge < -0.3 is 14.4 Å². The Bertz CT molecular complexity index is 2090. The first-order chi connectivity index (χ1) is 23.5. The third-order valence-electron chi connectivity index (χ3n) is 10.1. The van der Waals surface area contributed by atoms with E-state index in [1.165, 1.54) is 29.5 Å². The number of hydrogen-bond acceptors (Lipinski definition) is 6. The second kappa shape index (κ2) is 13.1. The molecule has 8 rings (SSSR count). The van der Waals surface area contributed by atoms with Gasteiger partial charge >= 0.3 is 21.1 Å². The van der Waals surface area contributed by atoms with Crippen LogP contribution in [0.1, 0.15) is 88.1 Å². The van der Waals surface area contributed by atoms with Gasteiger partial charge in [-0.05, 0) is 60.1 Å². The number of rotatable bonds is 5. The first-order valence-electron chi connectivity index (χ1n) is 17.4. The maximum absolute atomic E-state index is 6.66. The molecular formula is C43H42N4O2Pt. The van der Waals surface area contributed by atoms with E-state index in [9.17, 15) is 0 Å². The summed E-state index contributed by atoms with van der Waals surface area (Å²) < 4.78 is 13.1. The summed E-state index contributed by atoms with van der Waals surface area (Å²) in [5.41, 5.74) is 9.07. The number of aryl methyl sites for hydroxylation is 1. The van der Waals surface area contributed by atoms with Crippen molar-refractivity contribution in [3.8, 4) is 22.8 Å². The molecule has 0 spiro atoms. The van der Waals surface area contributed by atoms with Crippen LogP contribution >= 0.6 is 0 Å². The summed E-state index contributed by atoms with van der Waals surface area (Å²) in [6.07, 6.45) is 8.28. The van der Waals surface area contributed by atoms with Crippen LogP contribution in [0.2, 0.25) is 0 Å². The SMILES string of the molecule is Cc1cc(Oc2[c-]c(C3=N[C@@H]4CCCC[C@@H]4O3)cc(-c3ccccn3)c2)[c-]c(N2c3ccc(C(C)(C)C)cc3C(C)(C)c3cccnc32)c1.[Pt+2]. The van der Waals surface area contributed by atoms with E-state index in [0.29, 0.717) is 17.4 Å². The molecule has 3 aromatic carbocycles. The smallest absolute Gasteiger partial charge is 0.515 e. The molecule has 0 bridgehead atoms. The van der Waals surface area contributed by atoms with Crippen molar-refractivity contribution >= 4 is 23.1 Å². The van der Waals surface area contributed by atoms with Gasteiger partial charge in [0.25, 0.3) is 0 Å². The van der Waals surface area contributed by atoms with E-state index in [1.54, 1.807) is 6.20 Å². The quantitative estimate of drug-likeness (QED) is 0.165. The fourth-order valence-corrected chi connectivity index (χ4v) is 7.44. The molecule has 3 aliphatic rings. The topological polar surface area (TPSA) is 59.8 Å². The van der Waals surface area contributed by atoms with Crippen molar-refractivity contribution in [2.75, 3.05) is 4.90 Å². The van der Waals surface area contributed by atoms with Gasteiger partial charge in [0.15, 0.2) is 0 Å². The van der Waals surface area contributed by atoms with Crippen LogP contribution in [0.4, 0.5) is 17.2 Å². The molecule has 1 aliphatic carbocycles. The summed E-state index contributed by atoms with van der Waals surface area (Å²) in [6, 6.07) is 32.5. The van der Waals surface area contributed by atoms with Gasteiger partial charge in [-0.25, -0.2) is 4.98 Å². The van der Waals surface area contributed by atoms with Crippen LogP contribution in [0, 0.1) is 19.1 Å². The summed E-state index contributed by atoms with van der Waals surface area (Å²) >= 11 is 0. The third kappa shape index (κ3) is 6.28. The zero-order valence-corrected chi connectivity index (χ0v) is 31.8. The molecule has 2 aliphatic heterocycles. The van der Waals surface area contributed by atoms with E-state index in [1.807, 2.05) is 42.6 Å². The largest absolute Gasteiger partial charge is 2.00 e. The second-order valence-electron chi connectivity index (χ2n) is 15.1. The van der Waals surface area contributed by atoms with E-state index >= 15 is 0 Å². The van der Waals surface area contributed by atoms with Gasteiger partial charge in [0.1, 0.15) is 17.8 Å². The molecule has 1 saturated carbocycles. The molecule has 7 heteroatoms. The number of aliphatic imine (C=N–C) groups is 1. The van der Waals surface area contributed by atoms with Gasteiger partial charge in [-0.15, -0.1) is 24.3 Å². The number of aromatic nitrogens is 2. The number of pyridine rings is 2. The molecule has 5 aromatic rings. The number of benzene rings is 3. The Morgan fingerprint density at radius 2 is 1.66 bits per heavy atom. The van der Waals surface area contributed by atoms with E-state index < -0.39 is 0 Å². The van der Waals surface area contributed by atoms with Crippen molar-refractivity contribution in [3.63, 3.8) is 0 Å². The van der Waals surface area contributed by atoms with Gasteiger partial charge in [0.05, 0.1) is 11.7 Å². The van der Waals surface area contributed by atoms with Gasteiger partial charge in [0.2, 0.25) is 0 Å². The van der Waals surface area contributed by atoms with Crippen molar-refractivity contribution in [2.45, 2.75) is 90.2 Å². The van der Waals surface area contributed by atoms with Crippen molar-refractivity contribution in [2.24, 2.45) is 4.99 Å². The van der Waals surface area contributed by atoms with E-state index in [0.717, 1.165) is 52.4 Å². The maximum atomic E-state index is 6.66. The molecule has 0 N–H and O–H groups in total. The minimum absolute atomic E-state index is 0. The van der Waals surface area contributed by atoms with Gasteiger partial charge in [-0.2, -0.15) is 5.56 Å². The molecule has 2 aromatic heterocycles. The Hall–Kier alpha value is -4.28. The van der Waals surface area contributed by atoms with Crippen LogP contribution in [-0.2, 0) is 36.6 Å². The molecule has 256 valence electrons. The molecule has 0 unspecified atom stereocenters. The van der Waals surface area contributed by atoms with Gasteiger partial charge in [0, 0.05) is 40.6 Å². The van der Waals surface area contributed by atoms with Crippen molar-refractivity contribution in [3.05, 3.63) is 125 Å². The molecule has 4 heterocycles. The van der Waals surface area contributed by atoms with Gasteiger partial charge in [-0.3, -0.25) is 9.98 Å². The van der Waals surface area contributed by atoms with Crippen LogP contribution in [0.3, 0.4) is 0 Å². The third-order valence-corrected chi connectivity index (χ3v) is 10.1. The summed E-state index contributed by atoms with van der Waals surface area (Å²) in [4.78, 5) is 16.8. The first-order valence-corrected chi connectivity index (χ1v) is 17.4. The average molecular weight is 842 g/mol. The van der Waals surface area contributed by atoms with E-state index in [-0.39, 0.29) is 44.0 Å². The molecule has 0 amide bonds. The summed E-state index contributed by atoms with van der Waals surface area (Å²) in [6.45, 7) is 13.5. The summed E-state index contributed by atoms with van der Waals surface area (Å²) in [7, 11) is 0. The molecule has 0 saturated heterocycles. The minimum Gasteiger partial charge on any atom is -0.515 e. The van der Waals surface area contributed by atoms with Crippen molar-refractivity contribution < 1.29 is 30.5 Å². The Morgan fingerprint density at radius 1 is 0.860 bits per heavy atom. The van der Waals surface area contributed by atoms with Crippen molar-refractivity contribution in [1.82, 2.24) is 9.97 Å². The molecule has 6 nitrogen and oxygen atoms in total. The number of hydrogen-bond donors (Lipinski definition) is 0. The van der Waals surface area contributed by atoms with Gasteiger partial charge in [-0.1, -0.05) is 101 Å². The Labute approximate surface area is 310 Å². The van der Waals surface area contributed by atoms with Crippen LogP contribution in [0.5, 0.6) is 11.5 Å². The Morgan fingerprint density at radius 3 is 2.44 bits per heavy atom. The van der Waals surface area contributed by atoms with E-state index in [2.05, 4.69) is 100.0 Å². The Kier molecular flexibility index (Phi) is 8.97. The minimum atomic E-state index is -0.236. The van der Waals surface area contributed by atoms with Crippen LogP contribution in [0.25, 0.3) is 11.3 Å². The average Bonchev–Trinajstić information content (AvgIpc) is 3.53. The number of fused-ring (bicyclic) bond motifs is 3. The second-order valence-corrected chi connectivity index (χ2v) is 15.1. The predicted octanol–water partition coefficient (Wildman–Crippen LogP) is 10.3. The molecule has 0 radical (unpaired) electrons. The zero-order chi connectivity index (χ0) is 33.9. The first kappa shape index (κ1) is 34.2. The van der Waals surface area contributed by atoms with Crippen LogP contribution in [0.15, 0.2) is 90.2 Å². The predicted molar refractivity (Wildman–Crippen MR) is 196 cm³/mol. The zero-order valence-electron chi connectivity index (χ0n) is 29.5. The van der Waals surface area contributed by atoms with Crippen molar-refractivity contribution in [1.29, 1.82) is 0 Å². The Balaban J connectivity index is 0.00000392. The van der Waals surface area contributed by atoms with Crippen LogP contribution in [-0.4, -0.2) is 28.0 Å². The maximum Gasteiger partial charge on any atom is 2.00 e. The fraction of sp³-hybridized carbons (Fsp3) is 0.326. The fourth-order valence-electron chi connectivity index (χ4n) is 7.44. The van der Waals surface area contributed by atoms with E-state index in [4.69, 9.17) is 19.5 Å². The number of anilines is 3. The number of nitrogens with zero attached hydrogens (tertiary/aromatic N) is 4. The monoisotopic (exact) mass is 841 g/mol. The summed E-state index contributed by atoms with van der Waals surface area (Å²) in [5, 5.41) is 0. The normalized spacial score (nSPS) is 18.9. The number of ether oxygens (including phenoxy) is 2. The van der Waals surface area contributed by atoms with Crippen LogP contribution < -0.4 is 9.64 Å². The molecule has 50 heavy (non-hydrogen) atoms. The summed E-state index contributed by atoms with van der Waals surface area (Å²) in [5.74, 6) is 2.69. The standard InChI is InChI=1S/C43H42N4O2.Pt/c1-27-20-31(47-38-17-16-30(42(2,3)4)25-35(38)43(5,6)34-12-11-19-45-40(34)47)26-32(21-27)48-33-23-28(36-13-9-10-18-44-36)22-29(24-33)41-46-37-14-7-8-15-39(37)49-41;/h9-13,16-23,25,37,39H,7-8,14-15H2,1-6H3;/q-2;+2/t37-,39+;/m1./s1. The molecule has 1 fully saturated rings. The molecule has 2 atom stereocenters. The molecular weight excluding hydrogens is 800 g/mol.